The van der Waals surface area contributed by atoms with Crippen molar-refractivity contribution < 1.29 is 4.79 Å². The number of aryl methyl sites for hydroxylation is 1. The standard InChI is InChI=1S/C14H18N4O/c1-9-7-12(14(19)17-6-2-5-15)11-8-10(16)3-4-13(11)18-9/h3-4,7-8H,2,5-6,15-16H2,1H3,(H,17,19). The highest BCUT2D eigenvalue weighted by Crippen LogP contribution is 2.21. The van der Waals surface area contributed by atoms with E-state index in [1.807, 2.05) is 13.0 Å². The first kappa shape index (κ1) is 13.3. The maximum absolute atomic E-state index is 12.2. The number of carbonyl (C=O) groups excluding carboxylic acids is 1. The van der Waals surface area contributed by atoms with Crippen molar-refractivity contribution in [3.63, 3.8) is 0 Å². The van der Waals surface area contributed by atoms with Crippen LogP contribution in [0.3, 0.4) is 0 Å². The van der Waals surface area contributed by atoms with Crippen LogP contribution in [-0.2, 0) is 0 Å². The van der Waals surface area contributed by atoms with E-state index >= 15 is 0 Å². The van der Waals surface area contributed by atoms with Gasteiger partial charge in [0.15, 0.2) is 0 Å². The van der Waals surface area contributed by atoms with E-state index < -0.39 is 0 Å². The van der Waals surface area contributed by atoms with Gasteiger partial charge in [-0.1, -0.05) is 0 Å². The number of benzene rings is 1. The summed E-state index contributed by atoms with van der Waals surface area (Å²) in [6.45, 7) is 3.00. The van der Waals surface area contributed by atoms with Crippen LogP contribution < -0.4 is 16.8 Å². The number of fused-ring (bicyclic) bond motifs is 1. The summed E-state index contributed by atoms with van der Waals surface area (Å²) < 4.78 is 0. The van der Waals surface area contributed by atoms with Crippen LogP contribution in [-0.4, -0.2) is 24.0 Å². The Hall–Kier alpha value is -2.14. The molecule has 2 rings (SSSR count). The topological polar surface area (TPSA) is 94.0 Å². The van der Waals surface area contributed by atoms with Gasteiger partial charge in [-0.05, 0) is 44.2 Å². The number of hydrogen-bond acceptors (Lipinski definition) is 4. The molecule has 0 saturated carbocycles. The molecule has 1 amide bonds. The maximum Gasteiger partial charge on any atom is 0.252 e. The van der Waals surface area contributed by atoms with Crippen LogP contribution in [0.15, 0.2) is 24.3 Å². The number of nitrogens with one attached hydrogen (secondary N) is 1. The number of amides is 1. The molecule has 19 heavy (non-hydrogen) atoms. The summed E-state index contributed by atoms with van der Waals surface area (Å²) >= 11 is 0. The SMILES string of the molecule is Cc1cc(C(=O)NCCCN)c2cc(N)ccc2n1. The van der Waals surface area contributed by atoms with E-state index in [0.717, 1.165) is 23.0 Å². The molecule has 5 nitrogen and oxygen atoms in total. The molecule has 0 unspecified atom stereocenters. The fraction of sp³-hybridized carbons (Fsp3) is 0.286. The number of rotatable bonds is 4. The Balaban J connectivity index is 2.40. The van der Waals surface area contributed by atoms with Gasteiger partial charge in [-0.3, -0.25) is 9.78 Å². The predicted octanol–water partition coefficient (Wildman–Crippen LogP) is 1.20. The van der Waals surface area contributed by atoms with Crippen molar-refractivity contribution in [1.29, 1.82) is 0 Å². The Labute approximate surface area is 112 Å². The van der Waals surface area contributed by atoms with Crippen LogP contribution in [0.1, 0.15) is 22.5 Å². The third kappa shape index (κ3) is 3.00. The van der Waals surface area contributed by atoms with E-state index in [-0.39, 0.29) is 5.91 Å². The molecule has 100 valence electrons. The highest BCUT2D eigenvalue weighted by molar-refractivity contribution is 6.06. The van der Waals surface area contributed by atoms with E-state index in [0.29, 0.717) is 24.3 Å². The second-order valence-corrected chi connectivity index (χ2v) is 4.49. The normalized spacial score (nSPS) is 10.6. The Morgan fingerprint density at radius 1 is 1.37 bits per heavy atom. The van der Waals surface area contributed by atoms with Gasteiger partial charge in [0, 0.05) is 23.3 Å². The molecule has 0 aliphatic rings. The second kappa shape index (κ2) is 5.67. The van der Waals surface area contributed by atoms with Gasteiger partial charge in [0.2, 0.25) is 0 Å². The lowest BCUT2D eigenvalue weighted by molar-refractivity contribution is 0.0955. The van der Waals surface area contributed by atoms with Crippen LogP contribution >= 0.6 is 0 Å². The average Bonchev–Trinajstić information content (AvgIpc) is 2.38. The molecule has 0 spiro atoms. The Kier molecular flexibility index (Phi) is 3.97. The molecule has 1 heterocycles. The molecular weight excluding hydrogens is 240 g/mol. The summed E-state index contributed by atoms with van der Waals surface area (Å²) in [6, 6.07) is 7.17. The molecule has 5 N–H and O–H groups in total. The molecular formula is C14H18N4O. The number of carbonyl (C=O) groups is 1. The summed E-state index contributed by atoms with van der Waals surface area (Å²) in [6.07, 6.45) is 0.760. The minimum atomic E-state index is -0.116. The molecule has 1 aromatic heterocycles. The molecule has 2 aromatic rings. The highest BCUT2D eigenvalue weighted by atomic mass is 16.1. The molecule has 0 saturated heterocycles. The first-order chi connectivity index (χ1) is 9.11. The molecule has 0 bridgehead atoms. The Morgan fingerprint density at radius 2 is 2.16 bits per heavy atom. The van der Waals surface area contributed by atoms with Gasteiger partial charge in [0.05, 0.1) is 11.1 Å². The first-order valence-electron chi connectivity index (χ1n) is 6.27. The van der Waals surface area contributed by atoms with Crippen LogP contribution in [0, 0.1) is 6.92 Å². The van der Waals surface area contributed by atoms with Crippen LogP contribution in [0.4, 0.5) is 5.69 Å². The number of hydrogen-bond donors (Lipinski definition) is 3. The first-order valence-corrected chi connectivity index (χ1v) is 6.27. The maximum atomic E-state index is 12.2. The van der Waals surface area contributed by atoms with Crippen molar-refractivity contribution in [3.8, 4) is 0 Å². The number of nitrogen functional groups attached to an aromatic ring is 1. The van der Waals surface area contributed by atoms with Gasteiger partial charge in [0.25, 0.3) is 5.91 Å². The molecule has 0 aliphatic carbocycles. The van der Waals surface area contributed by atoms with E-state index in [9.17, 15) is 4.79 Å². The summed E-state index contributed by atoms with van der Waals surface area (Å²) in [5.41, 5.74) is 14.0. The van der Waals surface area contributed by atoms with Crippen molar-refractivity contribution >= 4 is 22.5 Å². The van der Waals surface area contributed by atoms with Gasteiger partial charge in [0.1, 0.15) is 0 Å². The Morgan fingerprint density at radius 3 is 2.89 bits per heavy atom. The quantitative estimate of drug-likeness (QED) is 0.567. The van der Waals surface area contributed by atoms with Gasteiger partial charge in [-0.25, -0.2) is 0 Å². The predicted molar refractivity (Wildman–Crippen MR) is 76.9 cm³/mol. The van der Waals surface area contributed by atoms with Gasteiger partial charge >= 0.3 is 0 Å². The van der Waals surface area contributed by atoms with Crippen LogP contribution in [0.25, 0.3) is 10.9 Å². The van der Waals surface area contributed by atoms with Gasteiger partial charge in [-0.2, -0.15) is 0 Å². The number of pyridine rings is 1. The summed E-state index contributed by atoms with van der Waals surface area (Å²) in [4.78, 5) is 16.6. The number of anilines is 1. The zero-order valence-electron chi connectivity index (χ0n) is 10.9. The smallest absolute Gasteiger partial charge is 0.252 e. The minimum Gasteiger partial charge on any atom is -0.399 e. The molecule has 1 aromatic carbocycles. The number of nitrogens with two attached hydrogens (primary N) is 2. The monoisotopic (exact) mass is 258 g/mol. The lowest BCUT2D eigenvalue weighted by atomic mass is 10.1. The minimum absolute atomic E-state index is 0.116. The lowest BCUT2D eigenvalue weighted by Crippen LogP contribution is -2.26. The average molecular weight is 258 g/mol. The number of nitrogens with zero attached hydrogens (tertiary/aromatic N) is 1. The Bertz CT molecular complexity index is 610. The van der Waals surface area contributed by atoms with Crippen molar-refractivity contribution in [2.45, 2.75) is 13.3 Å². The van der Waals surface area contributed by atoms with Crippen molar-refractivity contribution in [2.24, 2.45) is 5.73 Å². The molecule has 0 fully saturated rings. The zero-order valence-corrected chi connectivity index (χ0v) is 10.9. The second-order valence-electron chi connectivity index (χ2n) is 4.49. The third-order valence-corrected chi connectivity index (χ3v) is 2.87. The van der Waals surface area contributed by atoms with Crippen molar-refractivity contribution in [2.75, 3.05) is 18.8 Å². The van der Waals surface area contributed by atoms with Crippen molar-refractivity contribution in [1.82, 2.24) is 10.3 Å². The lowest BCUT2D eigenvalue weighted by Gasteiger charge is -2.09. The zero-order chi connectivity index (χ0) is 13.8. The van der Waals surface area contributed by atoms with Crippen LogP contribution in [0.5, 0.6) is 0 Å². The van der Waals surface area contributed by atoms with E-state index in [1.54, 1.807) is 18.2 Å². The van der Waals surface area contributed by atoms with Gasteiger partial charge in [-0.15, -0.1) is 0 Å². The van der Waals surface area contributed by atoms with E-state index in [2.05, 4.69) is 10.3 Å². The van der Waals surface area contributed by atoms with Crippen molar-refractivity contribution in [3.05, 3.63) is 35.5 Å². The summed E-state index contributed by atoms with van der Waals surface area (Å²) in [5.74, 6) is -0.116. The van der Waals surface area contributed by atoms with E-state index in [4.69, 9.17) is 11.5 Å². The molecule has 0 radical (unpaired) electrons. The van der Waals surface area contributed by atoms with E-state index in [1.165, 1.54) is 0 Å². The number of aromatic nitrogens is 1. The van der Waals surface area contributed by atoms with Crippen LogP contribution in [0.2, 0.25) is 0 Å². The summed E-state index contributed by atoms with van der Waals surface area (Å²) in [7, 11) is 0. The molecule has 0 aliphatic heterocycles. The summed E-state index contributed by atoms with van der Waals surface area (Å²) in [5, 5.41) is 3.63. The third-order valence-electron chi connectivity index (χ3n) is 2.87. The fourth-order valence-corrected chi connectivity index (χ4v) is 1.96. The molecule has 0 atom stereocenters. The molecule has 5 heteroatoms. The fourth-order valence-electron chi connectivity index (χ4n) is 1.96. The highest BCUT2D eigenvalue weighted by Gasteiger charge is 2.11. The van der Waals surface area contributed by atoms with Gasteiger partial charge < -0.3 is 16.8 Å². The largest absolute Gasteiger partial charge is 0.399 e.